The molecule has 4 heteroatoms. The largest absolute Gasteiger partial charge is 0.317 e. The lowest BCUT2D eigenvalue weighted by Gasteiger charge is -2.02. The molecule has 0 saturated carbocycles. The minimum Gasteiger partial charge on any atom is -0.317 e. The van der Waals surface area contributed by atoms with Crippen molar-refractivity contribution in [3.63, 3.8) is 0 Å². The van der Waals surface area contributed by atoms with Crippen LogP contribution in [0.3, 0.4) is 0 Å². The van der Waals surface area contributed by atoms with E-state index in [1.165, 1.54) is 6.92 Å². The van der Waals surface area contributed by atoms with Crippen molar-refractivity contribution in [2.75, 3.05) is 5.32 Å². The summed E-state index contributed by atoms with van der Waals surface area (Å²) in [6.45, 7) is 7.67. The number of amides is 1. The topological polar surface area (TPSA) is 46.9 Å². The third-order valence-electron chi connectivity index (χ3n) is 2.25. The molecule has 0 aromatic carbocycles. The highest BCUT2D eigenvalue weighted by Crippen LogP contribution is 2.20. The van der Waals surface area contributed by atoms with Gasteiger partial charge in [-0.2, -0.15) is 0 Å². The normalized spacial score (nSPS) is 10.7. The summed E-state index contributed by atoms with van der Waals surface area (Å²) < 4.78 is 1.90. The molecule has 4 nitrogen and oxygen atoms in total. The number of carbonyl (C=O) groups excluding carboxylic acids is 1. The summed E-state index contributed by atoms with van der Waals surface area (Å²) in [7, 11) is 1.90. The van der Waals surface area contributed by atoms with Gasteiger partial charge in [-0.1, -0.05) is 13.8 Å². The molecule has 78 valence electrons. The predicted molar refractivity (Wildman–Crippen MR) is 56.3 cm³/mol. The number of imidazole rings is 1. The van der Waals surface area contributed by atoms with Gasteiger partial charge in [0.2, 0.25) is 11.9 Å². The van der Waals surface area contributed by atoms with Crippen LogP contribution in [0.5, 0.6) is 0 Å². The zero-order valence-corrected chi connectivity index (χ0v) is 9.38. The SMILES string of the molecule is CC(=O)Nc1nc(C(C)C)c(C)n1C. The van der Waals surface area contributed by atoms with Crippen molar-refractivity contribution in [1.29, 1.82) is 0 Å². The fraction of sp³-hybridized carbons (Fsp3) is 0.600. The molecular formula is C10H17N3O. The fourth-order valence-corrected chi connectivity index (χ4v) is 1.42. The van der Waals surface area contributed by atoms with Gasteiger partial charge in [0.05, 0.1) is 5.69 Å². The van der Waals surface area contributed by atoms with Gasteiger partial charge in [0.1, 0.15) is 0 Å². The average Bonchev–Trinajstić information content (AvgIpc) is 2.32. The summed E-state index contributed by atoms with van der Waals surface area (Å²) in [5, 5.41) is 2.70. The molecule has 0 bridgehead atoms. The number of anilines is 1. The Morgan fingerprint density at radius 1 is 1.50 bits per heavy atom. The first-order chi connectivity index (χ1) is 6.43. The van der Waals surface area contributed by atoms with E-state index >= 15 is 0 Å². The van der Waals surface area contributed by atoms with Crippen LogP contribution in [0.4, 0.5) is 5.95 Å². The third kappa shape index (κ3) is 1.95. The maximum atomic E-state index is 10.9. The molecular weight excluding hydrogens is 178 g/mol. The molecule has 14 heavy (non-hydrogen) atoms. The summed E-state index contributed by atoms with van der Waals surface area (Å²) in [4.78, 5) is 15.3. The highest BCUT2D eigenvalue weighted by molar-refractivity contribution is 5.86. The van der Waals surface area contributed by atoms with Gasteiger partial charge in [-0.3, -0.25) is 10.1 Å². The molecule has 1 amide bonds. The average molecular weight is 195 g/mol. The summed E-state index contributed by atoms with van der Waals surface area (Å²) >= 11 is 0. The molecule has 0 unspecified atom stereocenters. The number of nitrogens with one attached hydrogen (secondary N) is 1. The van der Waals surface area contributed by atoms with Crippen LogP contribution in [0.2, 0.25) is 0 Å². The summed E-state index contributed by atoms with van der Waals surface area (Å²) in [6, 6.07) is 0. The maximum absolute atomic E-state index is 10.9. The molecule has 0 fully saturated rings. The number of aromatic nitrogens is 2. The Kier molecular flexibility index (Phi) is 2.93. The van der Waals surface area contributed by atoms with Crippen molar-refractivity contribution < 1.29 is 4.79 Å². The molecule has 1 aromatic heterocycles. The predicted octanol–water partition coefficient (Wildman–Crippen LogP) is 1.81. The second-order valence-electron chi connectivity index (χ2n) is 3.80. The first-order valence-electron chi connectivity index (χ1n) is 4.74. The first kappa shape index (κ1) is 10.8. The fourth-order valence-electron chi connectivity index (χ4n) is 1.42. The Morgan fingerprint density at radius 2 is 2.07 bits per heavy atom. The molecule has 0 radical (unpaired) electrons. The lowest BCUT2D eigenvalue weighted by Crippen LogP contribution is -2.10. The van der Waals surface area contributed by atoms with Crippen LogP contribution in [0.1, 0.15) is 38.1 Å². The van der Waals surface area contributed by atoms with Crippen molar-refractivity contribution in [3.05, 3.63) is 11.4 Å². The van der Waals surface area contributed by atoms with Crippen molar-refractivity contribution in [1.82, 2.24) is 9.55 Å². The Balaban J connectivity index is 3.08. The van der Waals surface area contributed by atoms with E-state index in [4.69, 9.17) is 0 Å². The molecule has 0 aliphatic rings. The van der Waals surface area contributed by atoms with Gasteiger partial charge in [0.25, 0.3) is 0 Å². The third-order valence-corrected chi connectivity index (χ3v) is 2.25. The maximum Gasteiger partial charge on any atom is 0.223 e. The minimum atomic E-state index is -0.0894. The van der Waals surface area contributed by atoms with Gasteiger partial charge in [0, 0.05) is 19.7 Å². The van der Waals surface area contributed by atoms with Gasteiger partial charge in [-0.05, 0) is 12.8 Å². The minimum absolute atomic E-state index is 0.0894. The van der Waals surface area contributed by atoms with E-state index in [0.29, 0.717) is 11.9 Å². The molecule has 1 N–H and O–H groups in total. The van der Waals surface area contributed by atoms with Crippen LogP contribution in [-0.4, -0.2) is 15.5 Å². The molecule has 0 aliphatic heterocycles. The molecule has 0 aliphatic carbocycles. The van der Waals surface area contributed by atoms with Crippen molar-refractivity contribution in [2.24, 2.45) is 7.05 Å². The van der Waals surface area contributed by atoms with Gasteiger partial charge in [-0.25, -0.2) is 4.98 Å². The summed E-state index contributed by atoms with van der Waals surface area (Å²) in [5.41, 5.74) is 2.14. The molecule has 0 spiro atoms. The first-order valence-corrected chi connectivity index (χ1v) is 4.74. The number of carbonyl (C=O) groups is 1. The quantitative estimate of drug-likeness (QED) is 0.782. The van der Waals surface area contributed by atoms with Gasteiger partial charge in [-0.15, -0.1) is 0 Å². The second kappa shape index (κ2) is 3.82. The van der Waals surface area contributed by atoms with Gasteiger partial charge < -0.3 is 4.57 Å². The number of hydrogen-bond acceptors (Lipinski definition) is 2. The van der Waals surface area contributed by atoms with Gasteiger partial charge in [0.15, 0.2) is 0 Å². The Hall–Kier alpha value is -1.32. The van der Waals surface area contributed by atoms with E-state index in [2.05, 4.69) is 24.1 Å². The Labute approximate surface area is 84.3 Å². The van der Waals surface area contributed by atoms with E-state index in [0.717, 1.165) is 11.4 Å². The zero-order chi connectivity index (χ0) is 10.9. The van der Waals surface area contributed by atoms with E-state index < -0.39 is 0 Å². The van der Waals surface area contributed by atoms with Crippen molar-refractivity contribution in [2.45, 2.75) is 33.6 Å². The van der Waals surface area contributed by atoms with Gasteiger partial charge >= 0.3 is 0 Å². The van der Waals surface area contributed by atoms with Crippen LogP contribution in [0.25, 0.3) is 0 Å². The number of hydrogen-bond donors (Lipinski definition) is 1. The molecule has 0 atom stereocenters. The van der Waals surface area contributed by atoms with Crippen molar-refractivity contribution in [3.8, 4) is 0 Å². The van der Waals surface area contributed by atoms with E-state index in [1.54, 1.807) is 0 Å². The van der Waals surface area contributed by atoms with E-state index in [-0.39, 0.29) is 5.91 Å². The molecule has 0 saturated heterocycles. The Bertz CT molecular complexity index is 352. The number of nitrogens with zero attached hydrogens (tertiary/aromatic N) is 2. The van der Waals surface area contributed by atoms with Crippen LogP contribution < -0.4 is 5.32 Å². The smallest absolute Gasteiger partial charge is 0.223 e. The van der Waals surface area contributed by atoms with Crippen molar-refractivity contribution >= 4 is 11.9 Å². The Morgan fingerprint density at radius 3 is 2.43 bits per heavy atom. The standard InChI is InChI=1S/C10H17N3O/c1-6(2)9-7(3)13(5)10(12-9)11-8(4)14/h6H,1-5H3,(H,11,12,14). The van der Waals surface area contributed by atoms with Crippen LogP contribution >= 0.6 is 0 Å². The highest BCUT2D eigenvalue weighted by atomic mass is 16.1. The zero-order valence-electron chi connectivity index (χ0n) is 9.38. The molecule has 1 aromatic rings. The molecule has 1 heterocycles. The summed E-state index contributed by atoms with van der Waals surface area (Å²) in [5.74, 6) is 0.913. The lowest BCUT2D eigenvalue weighted by atomic mass is 10.1. The van der Waals surface area contributed by atoms with Crippen LogP contribution in [0.15, 0.2) is 0 Å². The van der Waals surface area contributed by atoms with Crippen LogP contribution in [0, 0.1) is 6.92 Å². The number of rotatable bonds is 2. The lowest BCUT2D eigenvalue weighted by molar-refractivity contribution is -0.114. The van der Waals surface area contributed by atoms with E-state index in [9.17, 15) is 4.79 Å². The highest BCUT2D eigenvalue weighted by Gasteiger charge is 2.13. The second-order valence-corrected chi connectivity index (χ2v) is 3.80. The van der Waals surface area contributed by atoms with Crippen LogP contribution in [-0.2, 0) is 11.8 Å². The summed E-state index contributed by atoms with van der Waals surface area (Å²) in [6.07, 6.45) is 0. The van der Waals surface area contributed by atoms with E-state index in [1.807, 2.05) is 18.5 Å². The monoisotopic (exact) mass is 195 g/mol. The molecule has 1 rings (SSSR count).